The Hall–Kier alpha value is -1.70. The minimum Gasteiger partial charge on any atom is -0.495 e. The Morgan fingerprint density at radius 1 is 1.37 bits per heavy atom. The Bertz CT molecular complexity index is 610. The molecular formula is C11H8BrF3N2O2. The summed E-state index contributed by atoms with van der Waals surface area (Å²) >= 11 is 3.04. The number of ether oxygens (including phenoxy) is 1. The van der Waals surface area contributed by atoms with Crippen LogP contribution in [0.3, 0.4) is 0 Å². The zero-order chi connectivity index (χ0) is 14.2. The van der Waals surface area contributed by atoms with Gasteiger partial charge in [-0.25, -0.2) is 0 Å². The summed E-state index contributed by atoms with van der Waals surface area (Å²) in [4.78, 5) is 0. The van der Waals surface area contributed by atoms with Crippen molar-refractivity contribution >= 4 is 21.8 Å². The summed E-state index contributed by atoms with van der Waals surface area (Å²) in [6.07, 6.45) is -3.29. The first kappa shape index (κ1) is 13.7. The van der Waals surface area contributed by atoms with Gasteiger partial charge in [0, 0.05) is 0 Å². The average Bonchev–Trinajstić information content (AvgIpc) is 2.73. The van der Waals surface area contributed by atoms with Gasteiger partial charge < -0.3 is 15.0 Å². The standard InChI is InChI=1S/C11H8BrF3N2O2/c1-18-9-7(11(13,14)15)2-5(3-8(9)12)6-4-17-19-10(6)16/h2-4H,16H2,1H3. The number of aromatic nitrogens is 1. The molecule has 0 aliphatic rings. The monoisotopic (exact) mass is 336 g/mol. The average molecular weight is 337 g/mol. The van der Waals surface area contributed by atoms with Crippen molar-refractivity contribution in [2.45, 2.75) is 6.18 Å². The van der Waals surface area contributed by atoms with Crippen LogP contribution in [0.1, 0.15) is 5.56 Å². The molecule has 4 nitrogen and oxygen atoms in total. The fourth-order valence-electron chi connectivity index (χ4n) is 1.63. The van der Waals surface area contributed by atoms with Gasteiger partial charge in [-0.3, -0.25) is 0 Å². The third-order valence-corrected chi connectivity index (χ3v) is 3.05. The first-order valence-electron chi connectivity index (χ1n) is 5.00. The zero-order valence-corrected chi connectivity index (χ0v) is 11.2. The Balaban J connectivity index is 2.67. The number of nitrogens with two attached hydrogens (primary N) is 1. The number of hydrogen-bond acceptors (Lipinski definition) is 4. The molecule has 0 unspecified atom stereocenters. The van der Waals surface area contributed by atoms with Crippen LogP contribution in [0.15, 0.2) is 27.3 Å². The van der Waals surface area contributed by atoms with Gasteiger partial charge in [-0.05, 0) is 33.6 Å². The molecule has 1 aromatic heterocycles. The molecule has 0 radical (unpaired) electrons. The third-order valence-electron chi connectivity index (χ3n) is 2.46. The molecule has 0 fully saturated rings. The van der Waals surface area contributed by atoms with Crippen molar-refractivity contribution in [2.24, 2.45) is 0 Å². The summed E-state index contributed by atoms with van der Waals surface area (Å²) in [5.41, 5.74) is 5.11. The number of hydrogen-bond donors (Lipinski definition) is 1. The summed E-state index contributed by atoms with van der Waals surface area (Å²) in [7, 11) is 1.17. The lowest BCUT2D eigenvalue weighted by molar-refractivity contribution is -0.138. The van der Waals surface area contributed by atoms with Crippen LogP contribution in [0.2, 0.25) is 0 Å². The smallest absolute Gasteiger partial charge is 0.420 e. The highest BCUT2D eigenvalue weighted by atomic mass is 79.9. The number of halogens is 4. The molecule has 0 saturated carbocycles. The lowest BCUT2D eigenvalue weighted by atomic mass is 10.0. The van der Waals surface area contributed by atoms with Crippen molar-refractivity contribution < 1.29 is 22.4 Å². The van der Waals surface area contributed by atoms with Gasteiger partial charge in [-0.2, -0.15) is 13.2 Å². The van der Waals surface area contributed by atoms with Gasteiger partial charge in [0.05, 0.1) is 28.9 Å². The van der Waals surface area contributed by atoms with E-state index < -0.39 is 11.7 Å². The van der Waals surface area contributed by atoms with E-state index in [-0.39, 0.29) is 27.2 Å². The van der Waals surface area contributed by atoms with E-state index >= 15 is 0 Å². The van der Waals surface area contributed by atoms with Crippen LogP contribution in [0.25, 0.3) is 11.1 Å². The Labute approximate surface area is 114 Å². The second kappa shape index (κ2) is 4.76. The number of alkyl halides is 3. The van der Waals surface area contributed by atoms with E-state index in [2.05, 4.69) is 25.6 Å². The van der Waals surface area contributed by atoms with Gasteiger partial charge in [-0.15, -0.1) is 0 Å². The number of rotatable bonds is 2. The molecule has 8 heteroatoms. The Morgan fingerprint density at radius 2 is 2.05 bits per heavy atom. The van der Waals surface area contributed by atoms with Crippen LogP contribution in [-0.4, -0.2) is 12.3 Å². The van der Waals surface area contributed by atoms with Crippen LogP contribution in [0.4, 0.5) is 19.1 Å². The van der Waals surface area contributed by atoms with E-state index in [1.54, 1.807) is 0 Å². The fourth-order valence-corrected chi connectivity index (χ4v) is 2.25. The van der Waals surface area contributed by atoms with Gasteiger partial charge in [0.2, 0.25) is 5.88 Å². The normalized spacial score (nSPS) is 11.6. The van der Waals surface area contributed by atoms with Crippen molar-refractivity contribution in [2.75, 3.05) is 12.8 Å². The molecule has 2 N–H and O–H groups in total. The van der Waals surface area contributed by atoms with Crippen molar-refractivity contribution in [1.29, 1.82) is 0 Å². The lowest BCUT2D eigenvalue weighted by Gasteiger charge is -2.15. The van der Waals surface area contributed by atoms with E-state index in [0.717, 1.165) is 6.07 Å². The van der Waals surface area contributed by atoms with Crippen molar-refractivity contribution in [3.05, 3.63) is 28.4 Å². The van der Waals surface area contributed by atoms with Crippen LogP contribution < -0.4 is 10.5 Å². The topological polar surface area (TPSA) is 61.3 Å². The molecular weight excluding hydrogens is 329 g/mol. The quantitative estimate of drug-likeness (QED) is 0.907. The van der Waals surface area contributed by atoms with Crippen molar-refractivity contribution in [1.82, 2.24) is 5.16 Å². The Morgan fingerprint density at radius 3 is 2.53 bits per heavy atom. The van der Waals surface area contributed by atoms with E-state index in [0.29, 0.717) is 0 Å². The van der Waals surface area contributed by atoms with E-state index in [1.807, 2.05) is 0 Å². The second-order valence-electron chi connectivity index (χ2n) is 3.64. The van der Waals surface area contributed by atoms with Crippen LogP contribution in [0, 0.1) is 0 Å². The highest BCUT2D eigenvalue weighted by Crippen LogP contribution is 2.43. The molecule has 2 rings (SSSR count). The predicted molar refractivity (Wildman–Crippen MR) is 65.6 cm³/mol. The molecule has 102 valence electrons. The first-order chi connectivity index (χ1) is 8.84. The summed E-state index contributed by atoms with van der Waals surface area (Å²) in [6, 6.07) is 2.39. The number of nitrogen functional groups attached to an aromatic ring is 1. The number of nitrogens with zero attached hydrogens (tertiary/aromatic N) is 1. The summed E-state index contributed by atoms with van der Waals surface area (Å²) < 4.78 is 48.5. The predicted octanol–water partition coefficient (Wildman–Crippen LogP) is 3.71. The van der Waals surface area contributed by atoms with Crippen molar-refractivity contribution in [3.63, 3.8) is 0 Å². The number of anilines is 1. The van der Waals surface area contributed by atoms with Crippen LogP contribution in [-0.2, 0) is 6.18 Å². The largest absolute Gasteiger partial charge is 0.495 e. The molecule has 0 saturated heterocycles. The molecule has 0 aliphatic carbocycles. The summed E-state index contributed by atoms with van der Waals surface area (Å²) in [6.45, 7) is 0. The van der Waals surface area contributed by atoms with Gasteiger partial charge in [0.15, 0.2) is 0 Å². The molecule has 0 atom stereocenters. The second-order valence-corrected chi connectivity index (χ2v) is 4.49. The number of methoxy groups -OCH3 is 1. The van der Waals surface area contributed by atoms with Crippen LogP contribution >= 0.6 is 15.9 Å². The molecule has 0 bridgehead atoms. The maximum absolute atomic E-state index is 13.0. The van der Waals surface area contributed by atoms with Crippen LogP contribution in [0.5, 0.6) is 5.75 Å². The molecule has 1 heterocycles. The highest BCUT2D eigenvalue weighted by Gasteiger charge is 2.36. The van der Waals surface area contributed by atoms with E-state index in [1.165, 1.54) is 19.4 Å². The van der Waals surface area contributed by atoms with E-state index in [4.69, 9.17) is 10.5 Å². The minimum atomic E-state index is -4.55. The van der Waals surface area contributed by atoms with Gasteiger partial charge in [0.1, 0.15) is 5.75 Å². The van der Waals surface area contributed by atoms with Crippen molar-refractivity contribution in [3.8, 4) is 16.9 Å². The zero-order valence-electron chi connectivity index (χ0n) is 9.58. The molecule has 19 heavy (non-hydrogen) atoms. The maximum atomic E-state index is 13.0. The SMILES string of the molecule is COc1c(Br)cc(-c2cnoc2N)cc1C(F)(F)F. The number of benzene rings is 1. The van der Waals surface area contributed by atoms with Gasteiger partial charge in [-0.1, -0.05) is 5.16 Å². The maximum Gasteiger partial charge on any atom is 0.420 e. The lowest BCUT2D eigenvalue weighted by Crippen LogP contribution is -2.08. The summed E-state index contributed by atoms with van der Waals surface area (Å²) in [5.74, 6) is -0.337. The Kier molecular flexibility index (Phi) is 3.44. The third kappa shape index (κ3) is 2.53. The highest BCUT2D eigenvalue weighted by molar-refractivity contribution is 9.10. The molecule has 0 aliphatic heterocycles. The molecule has 2 aromatic rings. The fraction of sp³-hybridized carbons (Fsp3) is 0.182. The van der Waals surface area contributed by atoms with Gasteiger partial charge in [0.25, 0.3) is 0 Å². The molecule has 1 aromatic carbocycles. The minimum absolute atomic E-state index is 0.0507. The van der Waals surface area contributed by atoms with Gasteiger partial charge >= 0.3 is 6.18 Å². The molecule has 0 spiro atoms. The van der Waals surface area contributed by atoms with E-state index in [9.17, 15) is 13.2 Å². The first-order valence-corrected chi connectivity index (χ1v) is 5.79. The summed E-state index contributed by atoms with van der Waals surface area (Å²) in [5, 5.41) is 3.43. The molecule has 0 amide bonds.